The first-order chi connectivity index (χ1) is 11.2. The van der Waals surface area contributed by atoms with Gasteiger partial charge >= 0.3 is 0 Å². The summed E-state index contributed by atoms with van der Waals surface area (Å²) in [5.41, 5.74) is 2.27. The van der Waals surface area contributed by atoms with E-state index in [1.54, 1.807) is 21.3 Å². The molecule has 0 atom stereocenters. The van der Waals surface area contributed by atoms with Crippen molar-refractivity contribution in [1.29, 1.82) is 0 Å². The molecule has 2 N–H and O–H groups in total. The summed E-state index contributed by atoms with van der Waals surface area (Å²) in [6, 6.07) is 15.9. The molecule has 0 aliphatic heterocycles. The van der Waals surface area contributed by atoms with Crippen molar-refractivity contribution in [2.75, 3.05) is 21.3 Å². The molecule has 0 spiro atoms. The van der Waals surface area contributed by atoms with Crippen molar-refractivity contribution in [2.45, 2.75) is 13.1 Å². The number of halogens is 1. The fraction of sp³-hybridized carbons (Fsp3) is 0.278. The van der Waals surface area contributed by atoms with Crippen molar-refractivity contribution in [1.82, 2.24) is 10.6 Å². The van der Waals surface area contributed by atoms with Crippen LogP contribution in [0, 0.1) is 0 Å². The molecule has 0 amide bonds. The van der Waals surface area contributed by atoms with E-state index in [0.717, 1.165) is 28.6 Å². The van der Waals surface area contributed by atoms with Crippen LogP contribution >= 0.6 is 24.0 Å². The standard InChI is InChI=1S/C18H23N3O2.HI/c1-19-18(20-12-14-6-4-8-16(10-14)22-2)21-13-15-7-5-9-17(11-15)23-3;/h4-11H,12-13H2,1-3H3,(H2,19,20,21);1H. The van der Waals surface area contributed by atoms with Crippen molar-refractivity contribution in [3.8, 4) is 11.5 Å². The van der Waals surface area contributed by atoms with Crippen molar-refractivity contribution in [3.05, 3.63) is 59.7 Å². The summed E-state index contributed by atoms with van der Waals surface area (Å²) in [7, 11) is 5.09. The van der Waals surface area contributed by atoms with Gasteiger partial charge in [0.1, 0.15) is 11.5 Å². The fourth-order valence-electron chi connectivity index (χ4n) is 2.16. The predicted molar refractivity (Wildman–Crippen MR) is 108 cm³/mol. The highest BCUT2D eigenvalue weighted by molar-refractivity contribution is 14.0. The molecule has 0 heterocycles. The third kappa shape index (κ3) is 6.27. The van der Waals surface area contributed by atoms with Gasteiger partial charge in [-0.2, -0.15) is 0 Å². The van der Waals surface area contributed by atoms with Gasteiger partial charge in [0.2, 0.25) is 0 Å². The van der Waals surface area contributed by atoms with Gasteiger partial charge in [-0.25, -0.2) is 0 Å². The minimum atomic E-state index is 0. The SMILES string of the molecule is CN=C(NCc1cccc(OC)c1)NCc1cccc(OC)c1.I. The van der Waals surface area contributed by atoms with E-state index >= 15 is 0 Å². The van der Waals surface area contributed by atoms with Gasteiger partial charge in [0.15, 0.2) is 5.96 Å². The number of methoxy groups -OCH3 is 2. The molecule has 0 radical (unpaired) electrons. The van der Waals surface area contributed by atoms with Gasteiger partial charge in [-0.1, -0.05) is 24.3 Å². The Bertz CT molecular complexity index is 609. The topological polar surface area (TPSA) is 54.9 Å². The molecule has 6 heteroatoms. The Morgan fingerprint density at radius 1 is 0.875 bits per heavy atom. The predicted octanol–water partition coefficient (Wildman–Crippen LogP) is 3.19. The minimum absolute atomic E-state index is 0. The molecule has 2 aromatic rings. The Kier molecular flexibility index (Phi) is 8.99. The molecule has 0 fully saturated rings. The lowest BCUT2D eigenvalue weighted by Crippen LogP contribution is -2.36. The average Bonchev–Trinajstić information content (AvgIpc) is 2.62. The molecule has 0 aromatic heterocycles. The van der Waals surface area contributed by atoms with Crippen molar-refractivity contribution >= 4 is 29.9 Å². The Balaban J connectivity index is 0.00000288. The van der Waals surface area contributed by atoms with Gasteiger partial charge in [-0.3, -0.25) is 4.99 Å². The molecule has 0 aliphatic carbocycles. The molecular weight excluding hydrogens is 417 g/mol. The third-order valence-corrected chi connectivity index (χ3v) is 3.41. The van der Waals surface area contributed by atoms with E-state index in [1.807, 2.05) is 48.5 Å². The van der Waals surface area contributed by atoms with Gasteiger partial charge < -0.3 is 20.1 Å². The van der Waals surface area contributed by atoms with Crippen LogP contribution in [-0.4, -0.2) is 27.2 Å². The fourth-order valence-corrected chi connectivity index (χ4v) is 2.16. The highest BCUT2D eigenvalue weighted by Gasteiger charge is 2.01. The average molecular weight is 441 g/mol. The summed E-state index contributed by atoms with van der Waals surface area (Å²) in [5.74, 6) is 2.45. The molecule has 130 valence electrons. The Morgan fingerprint density at radius 2 is 1.33 bits per heavy atom. The maximum absolute atomic E-state index is 5.23. The van der Waals surface area contributed by atoms with Crippen LogP contribution < -0.4 is 20.1 Å². The van der Waals surface area contributed by atoms with E-state index in [-0.39, 0.29) is 24.0 Å². The van der Waals surface area contributed by atoms with Crippen LogP contribution in [-0.2, 0) is 13.1 Å². The van der Waals surface area contributed by atoms with Gasteiger partial charge in [0.05, 0.1) is 14.2 Å². The quantitative estimate of drug-likeness (QED) is 0.411. The largest absolute Gasteiger partial charge is 0.497 e. The Hall–Kier alpha value is -1.96. The molecule has 5 nitrogen and oxygen atoms in total. The van der Waals surface area contributed by atoms with Crippen molar-refractivity contribution in [3.63, 3.8) is 0 Å². The molecule has 0 saturated heterocycles. The van der Waals surface area contributed by atoms with E-state index < -0.39 is 0 Å². The van der Waals surface area contributed by atoms with Crippen LogP contribution in [0.5, 0.6) is 11.5 Å². The summed E-state index contributed by atoms with van der Waals surface area (Å²) in [6.07, 6.45) is 0. The molecule has 0 aliphatic rings. The number of benzene rings is 2. The lowest BCUT2D eigenvalue weighted by atomic mass is 10.2. The van der Waals surface area contributed by atoms with Gasteiger partial charge in [0, 0.05) is 20.1 Å². The zero-order chi connectivity index (χ0) is 16.5. The number of nitrogens with zero attached hydrogens (tertiary/aromatic N) is 1. The second kappa shape index (κ2) is 10.7. The van der Waals surface area contributed by atoms with E-state index in [2.05, 4.69) is 15.6 Å². The number of rotatable bonds is 6. The summed E-state index contributed by atoms with van der Waals surface area (Å²) in [6.45, 7) is 1.35. The van der Waals surface area contributed by atoms with Gasteiger partial charge in [0.25, 0.3) is 0 Å². The normalized spacial score (nSPS) is 9.46. The number of hydrogen-bond donors (Lipinski definition) is 2. The first-order valence-corrected chi connectivity index (χ1v) is 7.45. The second-order valence-electron chi connectivity index (χ2n) is 4.98. The first-order valence-electron chi connectivity index (χ1n) is 7.45. The van der Waals surface area contributed by atoms with Crippen LogP contribution in [0.25, 0.3) is 0 Å². The Labute approximate surface area is 160 Å². The van der Waals surface area contributed by atoms with E-state index in [1.165, 1.54) is 0 Å². The van der Waals surface area contributed by atoms with Gasteiger partial charge in [-0.15, -0.1) is 24.0 Å². The smallest absolute Gasteiger partial charge is 0.191 e. The summed E-state index contributed by atoms with van der Waals surface area (Å²) in [5, 5.41) is 6.58. The molecule has 2 aromatic carbocycles. The van der Waals surface area contributed by atoms with Crippen LogP contribution in [0.3, 0.4) is 0 Å². The highest BCUT2D eigenvalue weighted by Crippen LogP contribution is 2.13. The number of nitrogens with one attached hydrogen (secondary N) is 2. The molecule has 2 rings (SSSR count). The number of aliphatic imine (C=N–C) groups is 1. The second-order valence-corrected chi connectivity index (χ2v) is 4.98. The zero-order valence-electron chi connectivity index (χ0n) is 14.2. The monoisotopic (exact) mass is 441 g/mol. The van der Waals surface area contributed by atoms with E-state index in [9.17, 15) is 0 Å². The maximum Gasteiger partial charge on any atom is 0.191 e. The molecule has 24 heavy (non-hydrogen) atoms. The van der Waals surface area contributed by atoms with Crippen LogP contribution in [0.4, 0.5) is 0 Å². The molecular formula is C18H24IN3O2. The maximum atomic E-state index is 5.23. The van der Waals surface area contributed by atoms with Crippen LogP contribution in [0.2, 0.25) is 0 Å². The minimum Gasteiger partial charge on any atom is -0.497 e. The van der Waals surface area contributed by atoms with Gasteiger partial charge in [-0.05, 0) is 35.4 Å². The van der Waals surface area contributed by atoms with Crippen molar-refractivity contribution < 1.29 is 9.47 Å². The first kappa shape index (κ1) is 20.1. The van der Waals surface area contributed by atoms with Crippen LogP contribution in [0.15, 0.2) is 53.5 Å². The number of ether oxygens (including phenoxy) is 2. The lowest BCUT2D eigenvalue weighted by molar-refractivity contribution is 0.414. The molecule has 0 bridgehead atoms. The highest BCUT2D eigenvalue weighted by atomic mass is 127. The van der Waals surface area contributed by atoms with Crippen molar-refractivity contribution in [2.24, 2.45) is 4.99 Å². The van der Waals surface area contributed by atoms with Crippen LogP contribution in [0.1, 0.15) is 11.1 Å². The third-order valence-electron chi connectivity index (χ3n) is 3.41. The summed E-state index contributed by atoms with van der Waals surface area (Å²) in [4.78, 5) is 4.24. The number of hydrogen-bond acceptors (Lipinski definition) is 3. The molecule has 0 saturated carbocycles. The lowest BCUT2D eigenvalue weighted by Gasteiger charge is -2.13. The van der Waals surface area contributed by atoms with E-state index in [4.69, 9.17) is 9.47 Å². The zero-order valence-corrected chi connectivity index (χ0v) is 16.5. The summed E-state index contributed by atoms with van der Waals surface area (Å²) < 4.78 is 10.5. The number of guanidine groups is 1. The summed E-state index contributed by atoms with van der Waals surface area (Å²) >= 11 is 0. The Morgan fingerprint density at radius 3 is 1.71 bits per heavy atom. The van der Waals surface area contributed by atoms with E-state index in [0.29, 0.717) is 13.1 Å². The molecule has 0 unspecified atom stereocenters.